The van der Waals surface area contributed by atoms with Crippen molar-refractivity contribution in [2.24, 2.45) is 0 Å². The van der Waals surface area contributed by atoms with Crippen LogP contribution in [0.15, 0.2) is 47.4 Å². The highest BCUT2D eigenvalue weighted by atomic mass is 32.2. The van der Waals surface area contributed by atoms with Crippen LogP contribution in [0.4, 0.5) is 5.69 Å². The number of aryl methyl sites for hydroxylation is 2. The van der Waals surface area contributed by atoms with E-state index in [1.54, 1.807) is 22.5 Å². The summed E-state index contributed by atoms with van der Waals surface area (Å²) in [7, 11) is -3.60. The molecule has 1 N–H and O–H groups in total. The highest BCUT2D eigenvalue weighted by molar-refractivity contribution is 7.89. The first-order valence-corrected chi connectivity index (χ1v) is 10.7. The third-order valence-corrected chi connectivity index (χ3v) is 7.10. The summed E-state index contributed by atoms with van der Waals surface area (Å²) in [6, 6.07) is 12.1. The van der Waals surface area contributed by atoms with E-state index < -0.39 is 10.0 Å². The minimum absolute atomic E-state index is 0.0174. The van der Waals surface area contributed by atoms with Gasteiger partial charge in [-0.1, -0.05) is 24.6 Å². The SMILES string of the molecule is Cc1ccc(C)c(NC(=O)c2cccc(S(=O)(=O)N3CCCCC3C)c2)c1. The topological polar surface area (TPSA) is 66.5 Å². The van der Waals surface area contributed by atoms with Gasteiger partial charge in [0, 0.05) is 23.8 Å². The highest BCUT2D eigenvalue weighted by Crippen LogP contribution is 2.26. The Bertz CT molecular complexity index is 954. The molecule has 0 spiro atoms. The van der Waals surface area contributed by atoms with Crippen LogP contribution in [0.2, 0.25) is 0 Å². The number of nitrogens with zero attached hydrogens (tertiary/aromatic N) is 1. The first kappa shape index (κ1) is 19.6. The summed E-state index contributed by atoms with van der Waals surface area (Å²) in [5.41, 5.74) is 3.07. The summed E-state index contributed by atoms with van der Waals surface area (Å²) in [6.45, 7) is 6.35. The zero-order valence-corrected chi connectivity index (χ0v) is 16.8. The maximum Gasteiger partial charge on any atom is 0.255 e. The van der Waals surface area contributed by atoms with Gasteiger partial charge in [0.2, 0.25) is 10.0 Å². The molecule has 0 bridgehead atoms. The average molecular weight is 387 g/mol. The maximum absolute atomic E-state index is 13.0. The monoisotopic (exact) mass is 386 g/mol. The Balaban J connectivity index is 1.86. The number of sulfonamides is 1. The van der Waals surface area contributed by atoms with E-state index >= 15 is 0 Å². The van der Waals surface area contributed by atoms with Crippen LogP contribution in [-0.4, -0.2) is 31.2 Å². The van der Waals surface area contributed by atoms with E-state index in [1.807, 2.05) is 39.0 Å². The standard InChI is InChI=1S/C21H26N2O3S/c1-15-10-11-16(2)20(13-15)22-21(24)18-8-6-9-19(14-18)27(25,26)23-12-5-4-7-17(23)3/h6,8-11,13-14,17H,4-5,7,12H2,1-3H3,(H,22,24). The minimum Gasteiger partial charge on any atom is -0.322 e. The van der Waals surface area contributed by atoms with E-state index in [2.05, 4.69) is 5.32 Å². The predicted octanol–water partition coefficient (Wildman–Crippen LogP) is 4.12. The van der Waals surface area contributed by atoms with Crippen molar-refractivity contribution < 1.29 is 13.2 Å². The number of nitrogens with one attached hydrogen (secondary N) is 1. The fraction of sp³-hybridized carbons (Fsp3) is 0.381. The fourth-order valence-electron chi connectivity index (χ4n) is 3.43. The van der Waals surface area contributed by atoms with Gasteiger partial charge in [-0.2, -0.15) is 4.31 Å². The largest absolute Gasteiger partial charge is 0.322 e. The molecule has 1 atom stereocenters. The molecule has 0 saturated carbocycles. The van der Waals surface area contributed by atoms with E-state index in [1.165, 1.54) is 6.07 Å². The lowest BCUT2D eigenvalue weighted by atomic mass is 10.1. The van der Waals surface area contributed by atoms with Crippen molar-refractivity contribution in [3.63, 3.8) is 0 Å². The van der Waals surface area contributed by atoms with Crippen LogP contribution in [0, 0.1) is 13.8 Å². The van der Waals surface area contributed by atoms with Gasteiger partial charge < -0.3 is 5.32 Å². The smallest absolute Gasteiger partial charge is 0.255 e. The first-order valence-electron chi connectivity index (χ1n) is 9.29. The lowest BCUT2D eigenvalue weighted by Gasteiger charge is -2.32. The molecule has 0 radical (unpaired) electrons. The van der Waals surface area contributed by atoms with E-state index in [0.29, 0.717) is 12.1 Å². The summed E-state index contributed by atoms with van der Waals surface area (Å²) in [4.78, 5) is 12.8. The molecule has 6 heteroatoms. The normalized spacial score (nSPS) is 18.3. The van der Waals surface area contributed by atoms with Gasteiger partial charge in [0.15, 0.2) is 0 Å². The van der Waals surface area contributed by atoms with Crippen molar-refractivity contribution in [2.75, 3.05) is 11.9 Å². The van der Waals surface area contributed by atoms with Gasteiger partial charge in [0.1, 0.15) is 0 Å². The number of amides is 1. The van der Waals surface area contributed by atoms with Crippen LogP contribution < -0.4 is 5.32 Å². The van der Waals surface area contributed by atoms with Gasteiger partial charge in [0.05, 0.1) is 4.90 Å². The van der Waals surface area contributed by atoms with Crippen LogP contribution in [0.3, 0.4) is 0 Å². The molecule has 3 rings (SSSR count). The summed E-state index contributed by atoms with van der Waals surface area (Å²) in [6.07, 6.45) is 2.79. The van der Waals surface area contributed by atoms with Crippen molar-refractivity contribution >= 4 is 21.6 Å². The Kier molecular flexibility index (Phi) is 5.67. The number of carbonyl (C=O) groups excluding carboxylic acids is 1. The van der Waals surface area contributed by atoms with Crippen LogP contribution in [-0.2, 0) is 10.0 Å². The Labute approximate surface area is 161 Å². The second-order valence-corrected chi connectivity index (χ2v) is 9.15. The van der Waals surface area contributed by atoms with E-state index in [0.717, 1.165) is 36.1 Å². The van der Waals surface area contributed by atoms with Crippen molar-refractivity contribution in [3.05, 3.63) is 59.2 Å². The van der Waals surface area contributed by atoms with Crippen LogP contribution in [0.25, 0.3) is 0 Å². The lowest BCUT2D eigenvalue weighted by molar-refractivity contribution is 0.102. The van der Waals surface area contributed by atoms with Crippen LogP contribution in [0.5, 0.6) is 0 Å². The summed E-state index contributed by atoms with van der Waals surface area (Å²) in [5, 5.41) is 2.89. The van der Waals surface area contributed by atoms with Gasteiger partial charge in [-0.15, -0.1) is 0 Å². The molecule has 2 aromatic carbocycles. The zero-order chi connectivity index (χ0) is 19.6. The first-order chi connectivity index (χ1) is 12.8. The molecule has 1 aliphatic rings. The zero-order valence-electron chi connectivity index (χ0n) is 16.0. The van der Waals surface area contributed by atoms with Crippen LogP contribution in [0.1, 0.15) is 47.7 Å². The van der Waals surface area contributed by atoms with Gasteiger partial charge in [-0.25, -0.2) is 8.42 Å². The van der Waals surface area contributed by atoms with E-state index in [4.69, 9.17) is 0 Å². The molecule has 0 aromatic heterocycles. The summed E-state index contributed by atoms with van der Waals surface area (Å²) in [5.74, 6) is -0.313. The molecule has 27 heavy (non-hydrogen) atoms. The van der Waals surface area contributed by atoms with Crippen molar-refractivity contribution in [1.29, 1.82) is 0 Å². The number of carbonyl (C=O) groups is 1. The number of benzene rings is 2. The van der Waals surface area contributed by atoms with Gasteiger partial charge in [-0.05, 0) is 69.0 Å². The Morgan fingerprint density at radius 2 is 1.89 bits per heavy atom. The Hall–Kier alpha value is -2.18. The molecule has 1 aliphatic heterocycles. The molecule has 1 heterocycles. The van der Waals surface area contributed by atoms with Crippen LogP contribution >= 0.6 is 0 Å². The summed E-state index contributed by atoms with van der Waals surface area (Å²) < 4.78 is 27.6. The predicted molar refractivity (Wildman–Crippen MR) is 108 cm³/mol. The third-order valence-electron chi connectivity index (χ3n) is 5.09. The highest BCUT2D eigenvalue weighted by Gasteiger charge is 2.31. The quantitative estimate of drug-likeness (QED) is 0.859. The molecule has 2 aromatic rings. The molecular formula is C21H26N2O3S. The molecule has 5 nitrogen and oxygen atoms in total. The van der Waals surface area contributed by atoms with Crippen molar-refractivity contribution in [3.8, 4) is 0 Å². The molecule has 1 fully saturated rings. The van der Waals surface area contributed by atoms with Crippen molar-refractivity contribution in [1.82, 2.24) is 4.31 Å². The Morgan fingerprint density at radius 3 is 2.63 bits per heavy atom. The van der Waals surface area contributed by atoms with Crippen molar-refractivity contribution in [2.45, 2.75) is 51.0 Å². The second-order valence-electron chi connectivity index (χ2n) is 7.26. The maximum atomic E-state index is 13.0. The molecule has 0 aliphatic carbocycles. The van der Waals surface area contributed by atoms with Gasteiger partial charge in [-0.3, -0.25) is 4.79 Å². The second kappa shape index (κ2) is 7.82. The molecule has 144 valence electrons. The Morgan fingerprint density at radius 1 is 1.11 bits per heavy atom. The lowest BCUT2D eigenvalue weighted by Crippen LogP contribution is -2.41. The number of rotatable bonds is 4. The number of hydrogen-bond donors (Lipinski definition) is 1. The van der Waals surface area contributed by atoms with Gasteiger partial charge >= 0.3 is 0 Å². The van der Waals surface area contributed by atoms with E-state index in [9.17, 15) is 13.2 Å². The third kappa shape index (κ3) is 4.22. The van der Waals surface area contributed by atoms with E-state index in [-0.39, 0.29) is 16.8 Å². The molecule has 1 saturated heterocycles. The molecule has 1 unspecified atom stereocenters. The summed E-state index contributed by atoms with van der Waals surface area (Å²) >= 11 is 0. The minimum atomic E-state index is -3.60. The molecule has 1 amide bonds. The average Bonchev–Trinajstić information content (AvgIpc) is 2.65. The number of hydrogen-bond acceptors (Lipinski definition) is 3. The van der Waals surface area contributed by atoms with Gasteiger partial charge in [0.25, 0.3) is 5.91 Å². The molecular weight excluding hydrogens is 360 g/mol. The number of anilines is 1. The fourth-order valence-corrected chi connectivity index (χ4v) is 5.17. The number of piperidine rings is 1.